The summed E-state index contributed by atoms with van der Waals surface area (Å²) in [6, 6.07) is 13.9. The van der Waals surface area contributed by atoms with E-state index in [0.29, 0.717) is 22.2 Å². The summed E-state index contributed by atoms with van der Waals surface area (Å²) in [7, 11) is 1.23. The number of imidazole rings is 1. The van der Waals surface area contributed by atoms with Gasteiger partial charge in [0.05, 0.1) is 18.1 Å². The van der Waals surface area contributed by atoms with Gasteiger partial charge in [-0.2, -0.15) is 0 Å². The smallest absolute Gasteiger partial charge is 0.413 e. The highest BCUT2D eigenvalue weighted by atomic mass is 16.5. The van der Waals surface area contributed by atoms with Crippen LogP contribution in [0.15, 0.2) is 48.5 Å². The third kappa shape index (κ3) is 4.01. The highest BCUT2D eigenvalue weighted by molar-refractivity contribution is 6.10. The van der Waals surface area contributed by atoms with Gasteiger partial charge in [0, 0.05) is 17.5 Å². The van der Waals surface area contributed by atoms with E-state index < -0.39 is 6.09 Å². The number of methoxy groups -OCH3 is 1. The van der Waals surface area contributed by atoms with Crippen LogP contribution in [-0.4, -0.2) is 34.5 Å². The third-order valence-electron chi connectivity index (χ3n) is 4.09. The lowest BCUT2D eigenvalue weighted by molar-refractivity contribution is -0.146. The Bertz CT molecular complexity index is 1030. The van der Waals surface area contributed by atoms with Crippen molar-refractivity contribution in [2.75, 3.05) is 12.4 Å². The molecule has 0 aliphatic rings. The van der Waals surface area contributed by atoms with E-state index in [1.54, 1.807) is 49.4 Å². The number of rotatable bonds is 6. The number of nitrogens with zero attached hydrogens (tertiary/aromatic N) is 2. The lowest BCUT2D eigenvalue weighted by Crippen LogP contribution is -2.17. The minimum Gasteiger partial charge on any atom is -0.453 e. The number of nitrogens with one attached hydrogen (secondary N) is 1. The second-order valence-electron chi connectivity index (χ2n) is 5.88. The molecule has 1 N–H and O–H groups in total. The predicted molar refractivity (Wildman–Crippen MR) is 102 cm³/mol. The van der Waals surface area contributed by atoms with Gasteiger partial charge in [-0.3, -0.25) is 19.5 Å². The molecular formula is C20H19N3O5. The highest BCUT2D eigenvalue weighted by Crippen LogP contribution is 2.23. The summed E-state index contributed by atoms with van der Waals surface area (Å²) < 4.78 is 11.3. The maximum Gasteiger partial charge on any atom is 0.413 e. The normalized spacial score (nSPS) is 10.5. The lowest BCUT2D eigenvalue weighted by Gasteiger charge is -2.10. The molecule has 8 heteroatoms. The molecule has 3 rings (SSSR count). The minimum absolute atomic E-state index is 0.130. The maximum atomic E-state index is 12.7. The van der Waals surface area contributed by atoms with Crippen molar-refractivity contribution in [1.82, 2.24) is 9.55 Å². The van der Waals surface area contributed by atoms with Crippen molar-refractivity contribution in [3.63, 3.8) is 0 Å². The molecule has 0 aliphatic heterocycles. The fourth-order valence-corrected chi connectivity index (χ4v) is 2.63. The van der Waals surface area contributed by atoms with E-state index in [9.17, 15) is 14.4 Å². The number of anilines is 1. The molecule has 0 bridgehead atoms. The molecule has 1 heterocycles. The molecule has 0 atom stereocenters. The van der Waals surface area contributed by atoms with Crippen LogP contribution in [0, 0.1) is 0 Å². The number of carbonyl (C=O) groups excluding carboxylic acids is 3. The molecule has 8 nitrogen and oxygen atoms in total. The molecule has 28 heavy (non-hydrogen) atoms. The van der Waals surface area contributed by atoms with Crippen LogP contribution in [0.3, 0.4) is 0 Å². The third-order valence-corrected chi connectivity index (χ3v) is 4.09. The molecular weight excluding hydrogens is 362 g/mol. The van der Waals surface area contributed by atoms with Crippen molar-refractivity contribution in [2.24, 2.45) is 0 Å². The second-order valence-corrected chi connectivity index (χ2v) is 5.88. The summed E-state index contributed by atoms with van der Waals surface area (Å²) >= 11 is 0. The summed E-state index contributed by atoms with van der Waals surface area (Å²) in [6.07, 6.45) is -0.485. The van der Waals surface area contributed by atoms with Crippen LogP contribution in [0.1, 0.15) is 29.3 Å². The van der Waals surface area contributed by atoms with Crippen LogP contribution in [0.2, 0.25) is 0 Å². The van der Waals surface area contributed by atoms with Gasteiger partial charge in [-0.25, -0.2) is 9.78 Å². The average Bonchev–Trinajstić information content (AvgIpc) is 3.07. The Kier molecular flexibility index (Phi) is 5.69. The van der Waals surface area contributed by atoms with Crippen molar-refractivity contribution in [3.8, 4) is 0 Å². The molecule has 1 amide bonds. The Hall–Kier alpha value is -3.68. The molecule has 0 aliphatic carbocycles. The SMILES string of the molecule is CCC(=O)OCn1c(NC(=O)OC)nc2cc(C(=O)c3ccccc3)ccc21. The zero-order valence-electron chi connectivity index (χ0n) is 15.5. The largest absolute Gasteiger partial charge is 0.453 e. The van der Waals surface area contributed by atoms with Crippen molar-refractivity contribution in [2.45, 2.75) is 20.1 Å². The van der Waals surface area contributed by atoms with Gasteiger partial charge in [-0.1, -0.05) is 37.3 Å². The van der Waals surface area contributed by atoms with Gasteiger partial charge in [0.25, 0.3) is 0 Å². The minimum atomic E-state index is -0.709. The number of ketones is 1. The first-order valence-corrected chi connectivity index (χ1v) is 8.64. The topological polar surface area (TPSA) is 99.5 Å². The van der Waals surface area contributed by atoms with E-state index in [0.717, 1.165) is 0 Å². The summed E-state index contributed by atoms with van der Waals surface area (Å²) in [6.45, 7) is 1.55. The Balaban J connectivity index is 1.99. The van der Waals surface area contributed by atoms with E-state index in [1.807, 2.05) is 6.07 Å². The first-order chi connectivity index (χ1) is 13.5. The van der Waals surface area contributed by atoms with E-state index >= 15 is 0 Å². The van der Waals surface area contributed by atoms with E-state index in [-0.39, 0.29) is 30.9 Å². The molecule has 0 fully saturated rings. The van der Waals surface area contributed by atoms with Crippen LogP contribution in [0.4, 0.5) is 10.7 Å². The Morgan fingerprint density at radius 1 is 1.07 bits per heavy atom. The number of aromatic nitrogens is 2. The molecule has 3 aromatic rings. The maximum absolute atomic E-state index is 12.7. The number of fused-ring (bicyclic) bond motifs is 1. The number of esters is 1. The van der Waals surface area contributed by atoms with Crippen molar-refractivity contribution in [1.29, 1.82) is 0 Å². The molecule has 0 saturated carbocycles. The van der Waals surface area contributed by atoms with Gasteiger partial charge in [-0.15, -0.1) is 0 Å². The molecule has 1 aromatic heterocycles. The molecule has 2 aromatic carbocycles. The first kappa shape index (κ1) is 19.1. The molecule has 144 valence electrons. The lowest BCUT2D eigenvalue weighted by atomic mass is 10.0. The number of benzene rings is 2. The van der Waals surface area contributed by atoms with Crippen molar-refractivity contribution in [3.05, 3.63) is 59.7 Å². The van der Waals surface area contributed by atoms with Crippen LogP contribution in [0.25, 0.3) is 11.0 Å². The van der Waals surface area contributed by atoms with E-state index in [2.05, 4.69) is 15.0 Å². The van der Waals surface area contributed by atoms with Crippen LogP contribution in [-0.2, 0) is 21.0 Å². The molecule has 0 unspecified atom stereocenters. The molecule has 0 radical (unpaired) electrons. The Labute approximate surface area is 161 Å². The number of hydrogen-bond donors (Lipinski definition) is 1. The van der Waals surface area contributed by atoms with Gasteiger partial charge in [-0.05, 0) is 18.2 Å². The van der Waals surface area contributed by atoms with Gasteiger partial charge < -0.3 is 9.47 Å². The fraction of sp³-hybridized carbons (Fsp3) is 0.200. The average molecular weight is 381 g/mol. The predicted octanol–water partition coefficient (Wildman–Crippen LogP) is 3.36. The zero-order chi connectivity index (χ0) is 20.1. The summed E-state index contributed by atoms with van der Waals surface area (Å²) in [5, 5.41) is 2.49. The quantitative estimate of drug-likeness (QED) is 0.519. The summed E-state index contributed by atoms with van der Waals surface area (Å²) in [4.78, 5) is 40.2. The van der Waals surface area contributed by atoms with Crippen LogP contribution >= 0.6 is 0 Å². The number of amides is 1. The van der Waals surface area contributed by atoms with E-state index in [4.69, 9.17) is 4.74 Å². The fourth-order valence-electron chi connectivity index (χ4n) is 2.63. The number of carbonyl (C=O) groups is 3. The van der Waals surface area contributed by atoms with E-state index in [1.165, 1.54) is 11.7 Å². The summed E-state index contributed by atoms with van der Waals surface area (Å²) in [5.41, 5.74) is 2.09. The van der Waals surface area contributed by atoms with Gasteiger partial charge in [0.1, 0.15) is 0 Å². The Morgan fingerprint density at radius 2 is 1.82 bits per heavy atom. The zero-order valence-corrected chi connectivity index (χ0v) is 15.5. The molecule has 0 spiro atoms. The summed E-state index contributed by atoms with van der Waals surface area (Å²) in [5.74, 6) is -0.381. The first-order valence-electron chi connectivity index (χ1n) is 8.64. The number of ether oxygens (including phenoxy) is 2. The molecule has 0 saturated heterocycles. The van der Waals surface area contributed by atoms with Crippen LogP contribution < -0.4 is 5.32 Å². The Morgan fingerprint density at radius 3 is 2.50 bits per heavy atom. The highest BCUT2D eigenvalue weighted by Gasteiger charge is 2.17. The van der Waals surface area contributed by atoms with Gasteiger partial charge in [0.15, 0.2) is 12.5 Å². The monoisotopic (exact) mass is 381 g/mol. The van der Waals surface area contributed by atoms with Crippen molar-refractivity contribution >= 4 is 34.8 Å². The van der Waals surface area contributed by atoms with Crippen molar-refractivity contribution < 1.29 is 23.9 Å². The standard InChI is InChI=1S/C20H19N3O5/c1-3-17(24)28-12-23-16-10-9-14(18(25)13-7-5-4-6-8-13)11-15(16)21-19(23)22-20(26)27-2/h4-11H,3,12H2,1-2H3,(H,21,22,26). The van der Waals surface area contributed by atoms with Gasteiger partial charge in [0.2, 0.25) is 5.95 Å². The van der Waals surface area contributed by atoms with Crippen LogP contribution in [0.5, 0.6) is 0 Å². The second kappa shape index (κ2) is 8.34. The van der Waals surface area contributed by atoms with Gasteiger partial charge >= 0.3 is 12.1 Å². The number of hydrogen-bond acceptors (Lipinski definition) is 6.